The van der Waals surface area contributed by atoms with Gasteiger partial charge in [-0.05, 0) is 25.0 Å². The maximum absolute atomic E-state index is 10.5. The Morgan fingerprint density at radius 2 is 2.06 bits per heavy atom. The summed E-state index contributed by atoms with van der Waals surface area (Å²) < 4.78 is 0. The SMILES string of the molecule is C=C(CCC=Cc1ccc(O)cc1O)C(=O)O. The first kappa shape index (κ1) is 12.8. The molecule has 0 aromatic heterocycles. The number of rotatable bonds is 5. The first-order chi connectivity index (χ1) is 8.00. The number of hydrogen-bond acceptors (Lipinski definition) is 3. The molecule has 0 spiro atoms. The van der Waals surface area contributed by atoms with Gasteiger partial charge in [0.05, 0.1) is 0 Å². The van der Waals surface area contributed by atoms with E-state index < -0.39 is 5.97 Å². The minimum atomic E-state index is -0.995. The second-order valence-electron chi connectivity index (χ2n) is 3.59. The molecule has 0 atom stereocenters. The minimum absolute atomic E-state index is 0.00101. The van der Waals surface area contributed by atoms with Crippen LogP contribution < -0.4 is 0 Å². The lowest BCUT2D eigenvalue weighted by molar-refractivity contribution is -0.132. The van der Waals surface area contributed by atoms with Crippen molar-refractivity contribution in [1.29, 1.82) is 0 Å². The standard InChI is InChI=1S/C13H14O4/c1-9(13(16)17)4-2-3-5-10-6-7-11(14)8-12(10)15/h3,5-8,14-15H,1-2,4H2,(H,16,17). The Morgan fingerprint density at radius 1 is 1.35 bits per heavy atom. The molecule has 0 radical (unpaired) electrons. The van der Waals surface area contributed by atoms with Gasteiger partial charge in [-0.3, -0.25) is 0 Å². The number of phenols is 2. The molecule has 0 aliphatic rings. The van der Waals surface area contributed by atoms with Crippen molar-refractivity contribution in [1.82, 2.24) is 0 Å². The van der Waals surface area contributed by atoms with Gasteiger partial charge in [-0.25, -0.2) is 4.79 Å². The summed E-state index contributed by atoms with van der Waals surface area (Å²) in [6, 6.07) is 4.29. The number of carboxylic acids is 1. The Labute approximate surface area is 99.2 Å². The number of phenolic OH excluding ortho intramolecular Hbond substituents is 2. The molecule has 1 aromatic rings. The van der Waals surface area contributed by atoms with Gasteiger partial charge in [0.15, 0.2) is 0 Å². The minimum Gasteiger partial charge on any atom is -0.508 e. The van der Waals surface area contributed by atoms with Crippen LogP contribution in [-0.4, -0.2) is 21.3 Å². The Balaban J connectivity index is 2.54. The van der Waals surface area contributed by atoms with Crippen molar-refractivity contribution >= 4 is 12.0 Å². The molecular formula is C13H14O4. The fourth-order valence-corrected chi connectivity index (χ4v) is 1.25. The van der Waals surface area contributed by atoms with Crippen molar-refractivity contribution in [3.63, 3.8) is 0 Å². The zero-order valence-electron chi connectivity index (χ0n) is 9.26. The zero-order chi connectivity index (χ0) is 12.8. The predicted molar refractivity (Wildman–Crippen MR) is 64.8 cm³/mol. The van der Waals surface area contributed by atoms with E-state index in [2.05, 4.69) is 6.58 Å². The van der Waals surface area contributed by atoms with Gasteiger partial charge in [0.25, 0.3) is 0 Å². The number of carbonyl (C=O) groups is 1. The molecule has 1 aromatic carbocycles. The fourth-order valence-electron chi connectivity index (χ4n) is 1.25. The van der Waals surface area contributed by atoms with Crippen molar-refractivity contribution in [2.24, 2.45) is 0 Å². The summed E-state index contributed by atoms with van der Waals surface area (Å²) >= 11 is 0. The van der Waals surface area contributed by atoms with Gasteiger partial charge in [-0.15, -0.1) is 0 Å². The molecule has 0 aliphatic carbocycles. The first-order valence-corrected chi connectivity index (χ1v) is 5.10. The molecule has 3 N–H and O–H groups in total. The summed E-state index contributed by atoms with van der Waals surface area (Å²) in [5.41, 5.74) is 0.730. The van der Waals surface area contributed by atoms with Crippen molar-refractivity contribution in [2.45, 2.75) is 12.8 Å². The summed E-state index contributed by atoms with van der Waals surface area (Å²) in [7, 11) is 0. The number of benzene rings is 1. The van der Waals surface area contributed by atoms with E-state index in [1.165, 1.54) is 12.1 Å². The fraction of sp³-hybridized carbons (Fsp3) is 0.154. The van der Waals surface area contributed by atoms with Crippen molar-refractivity contribution in [3.8, 4) is 11.5 Å². The summed E-state index contributed by atoms with van der Waals surface area (Å²) in [5, 5.41) is 27.1. The number of hydrogen-bond donors (Lipinski definition) is 3. The molecule has 0 aliphatic heterocycles. The third-order valence-corrected chi connectivity index (χ3v) is 2.23. The Bertz CT molecular complexity index is 460. The lowest BCUT2D eigenvalue weighted by atomic mass is 10.1. The molecule has 1 rings (SSSR count). The predicted octanol–water partition coefficient (Wildman–Crippen LogP) is 2.53. The third kappa shape index (κ3) is 4.03. The summed E-state index contributed by atoms with van der Waals surface area (Å²) in [6.45, 7) is 3.41. The van der Waals surface area contributed by atoms with Crippen LogP contribution in [0, 0.1) is 0 Å². The summed E-state index contributed by atoms with van der Waals surface area (Å²) in [4.78, 5) is 10.5. The van der Waals surface area contributed by atoms with Crippen LogP contribution in [0.4, 0.5) is 0 Å². The van der Waals surface area contributed by atoms with Crippen LogP contribution in [0.3, 0.4) is 0 Å². The average molecular weight is 234 g/mol. The molecule has 0 bridgehead atoms. The highest BCUT2D eigenvalue weighted by molar-refractivity contribution is 5.85. The molecular weight excluding hydrogens is 220 g/mol. The highest BCUT2D eigenvalue weighted by atomic mass is 16.4. The third-order valence-electron chi connectivity index (χ3n) is 2.23. The van der Waals surface area contributed by atoms with E-state index in [9.17, 15) is 9.90 Å². The van der Waals surface area contributed by atoms with E-state index in [0.717, 1.165) is 0 Å². The van der Waals surface area contributed by atoms with Gasteiger partial charge >= 0.3 is 5.97 Å². The topological polar surface area (TPSA) is 77.8 Å². The quantitative estimate of drug-likeness (QED) is 0.684. The Hall–Kier alpha value is -2.23. The molecule has 0 saturated heterocycles. The first-order valence-electron chi connectivity index (χ1n) is 5.10. The highest BCUT2D eigenvalue weighted by Gasteiger charge is 2.01. The average Bonchev–Trinajstić information content (AvgIpc) is 2.26. The second kappa shape index (κ2) is 5.75. The monoisotopic (exact) mass is 234 g/mol. The maximum atomic E-state index is 10.5. The van der Waals surface area contributed by atoms with Crippen LogP contribution in [0.1, 0.15) is 18.4 Å². The summed E-state index contributed by atoms with van der Waals surface area (Å²) in [6.07, 6.45) is 4.32. The maximum Gasteiger partial charge on any atom is 0.330 e. The van der Waals surface area contributed by atoms with Crippen LogP contribution in [0.25, 0.3) is 6.08 Å². The van der Waals surface area contributed by atoms with Gasteiger partial charge in [0.1, 0.15) is 11.5 Å². The normalized spacial score (nSPS) is 10.6. The Morgan fingerprint density at radius 3 is 2.65 bits per heavy atom. The van der Waals surface area contributed by atoms with E-state index >= 15 is 0 Å². The van der Waals surface area contributed by atoms with Gasteiger partial charge in [0.2, 0.25) is 0 Å². The van der Waals surface area contributed by atoms with Crippen LogP contribution >= 0.6 is 0 Å². The molecule has 4 heteroatoms. The summed E-state index contributed by atoms with van der Waals surface area (Å²) in [5.74, 6) is -1.01. The zero-order valence-corrected chi connectivity index (χ0v) is 9.26. The van der Waals surface area contributed by atoms with Crippen LogP contribution in [-0.2, 0) is 4.79 Å². The van der Waals surface area contributed by atoms with Gasteiger partial charge < -0.3 is 15.3 Å². The Kier molecular flexibility index (Phi) is 4.34. The number of allylic oxidation sites excluding steroid dienone is 1. The largest absolute Gasteiger partial charge is 0.508 e. The highest BCUT2D eigenvalue weighted by Crippen LogP contribution is 2.23. The van der Waals surface area contributed by atoms with E-state index in [1.54, 1.807) is 18.2 Å². The molecule has 0 heterocycles. The van der Waals surface area contributed by atoms with E-state index in [0.29, 0.717) is 18.4 Å². The number of aliphatic carboxylic acids is 1. The van der Waals surface area contributed by atoms with Crippen molar-refractivity contribution < 1.29 is 20.1 Å². The van der Waals surface area contributed by atoms with E-state index in [-0.39, 0.29) is 17.1 Å². The van der Waals surface area contributed by atoms with E-state index in [1.807, 2.05) is 0 Å². The molecule has 0 unspecified atom stereocenters. The molecule has 4 nitrogen and oxygen atoms in total. The van der Waals surface area contributed by atoms with Crippen molar-refractivity contribution in [2.75, 3.05) is 0 Å². The van der Waals surface area contributed by atoms with Crippen LogP contribution in [0.5, 0.6) is 11.5 Å². The second-order valence-corrected chi connectivity index (χ2v) is 3.59. The van der Waals surface area contributed by atoms with Crippen LogP contribution in [0.2, 0.25) is 0 Å². The molecule has 0 fully saturated rings. The number of carboxylic acid groups (broad SMARTS) is 1. The lowest BCUT2D eigenvalue weighted by Gasteiger charge is -1.99. The molecule has 90 valence electrons. The number of aromatic hydroxyl groups is 2. The van der Waals surface area contributed by atoms with Crippen LogP contribution in [0.15, 0.2) is 36.4 Å². The lowest BCUT2D eigenvalue weighted by Crippen LogP contribution is -1.97. The van der Waals surface area contributed by atoms with Gasteiger partial charge in [0, 0.05) is 17.2 Å². The van der Waals surface area contributed by atoms with E-state index in [4.69, 9.17) is 10.2 Å². The smallest absolute Gasteiger partial charge is 0.330 e. The van der Waals surface area contributed by atoms with Gasteiger partial charge in [-0.2, -0.15) is 0 Å². The van der Waals surface area contributed by atoms with Crippen molar-refractivity contribution in [3.05, 3.63) is 42.0 Å². The molecule has 0 amide bonds. The van der Waals surface area contributed by atoms with Gasteiger partial charge in [-0.1, -0.05) is 18.7 Å². The molecule has 0 saturated carbocycles. The molecule has 17 heavy (non-hydrogen) atoms.